The number of hydrogen-bond acceptors (Lipinski definition) is 6. The van der Waals surface area contributed by atoms with Crippen LogP contribution in [0.3, 0.4) is 0 Å². The quantitative estimate of drug-likeness (QED) is 0.420. The van der Waals surface area contributed by atoms with E-state index in [9.17, 15) is 25.0 Å². The van der Waals surface area contributed by atoms with Gasteiger partial charge in [0, 0.05) is 4.92 Å². The minimum atomic E-state index is -1.73. The molecule has 0 saturated heterocycles. The Hall–Kier alpha value is -2.12. The van der Waals surface area contributed by atoms with Crippen LogP contribution in [0.4, 0.5) is 0 Å². The monoisotopic (exact) mass is 185 g/mol. The zero-order valence-corrected chi connectivity index (χ0v) is 6.11. The summed E-state index contributed by atoms with van der Waals surface area (Å²) in [5.41, 5.74) is -0.857. The molecule has 0 spiro atoms. The third kappa shape index (κ3) is 1.55. The lowest BCUT2D eigenvalue weighted by Crippen LogP contribution is -2.35. The van der Waals surface area contributed by atoms with Crippen molar-refractivity contribution in [3.05, 3.63) is 32.1 Å². The molecule has 8 heteroatoms. The smallest absolute Gasteiger partial charge is 0.279 e. The van der Waals surface area contributed by atoms with Crippen LogP contribution >= 0.6 is 0 Å². The van der Waals surface area contributed by atoms with Gasteiger partial charge >= 0.3 is 17.5 Å². The molecule has 0 amide bonds. The molecule has 0 N–H and O–H groups in total. The summed E-state index contributed by atoms with van der Waals surface area (Å²) in [6, 6.07) is -1.73. The van der Waals surface area contributed by atoms with E-state index < -0.39 is 27.4 Å². The van der Waals surface area contributed by atoms with Gasteiger partial charge in [-0.3, -0.25) is 30.0 Å². The van der Waals surface area contributed by atoms with Crippen LogP contribution in [0.1, 0.15) is 0 Å². The fourth-order valence-corrected chi connectivity index (χ4v) is 0.765. The van der Waals surface area contributed by atoms with Gasteiger partial charge in [-0.1, -0.05) is 0 Å². The lowest BCUT2D eigenvalue weighted by molar-refractivity contribution is -0.491. The van der Waals surface area contributed by atoms with Crippen LogP contribution in [0.2, 0.25) is 0 Å². The van der Waals surface area contributed by atoms with Crippen molar-refractivity contribution in [2.45, 2.75) is 6.04 Å². The second-order valence-corrected chi connectivity index (χ2v) is 2.16. The highest BCUT2D eigenvalue weighted by Gasteiger charge is 2.39. The molecular weight excluding hydrogens is 182 g/mol. The van der Waals surface area contributed by atoms with Crippen LogP contribution in [-0.2, 0) is 4.79 Å². The van der Waals surface area contributed by atoms with Crippen molar-refractivity contribution < 1.29 is 14.6 Å². The molecule has 0 aromatic rings. The van der Waals surface area contributed by atoms with Crippen molar-refractivity contribution in [1.82, 2.24) is 0 Å². The van der Waals surface area contributed by atoms with Crippen molar-refractivity contribution in [3.8, 4) is 0 Å². The fourth-order valence-electron chi connectivity index (χ4n) is 0.765. The normalized spacial score (nSPS) is 21.1. The maximum atomic E-state index is 11.0. The van der Waals surface area contributed by atoms with E-state index in [-0.39, 0.29) is 0 Å². The Labute approximate surface area is 70.9 Å². The molecule has 1 heterocycles. The molecule has 0 bridgehead atoms. The summed E-state index contributed by atoms with van der Waals surface area (Å²) < 4.78 is 0. The Morgan fingerprint density at radius 3 is 2.46 bits per heavy atom. The van der Waals surface area contributed by atoms with E-state index in [1.807, 2.05) is 0 Å². The van der Waals surface area contributed by atoms with Crippen LogP contribution < -0.4 is 0 Å². The molecule has 1 aliphatic heterocycles. The van der Waals surface area contributed by atoms with Gasteiger partial charge in [0.05, 0.1) is 11.1 Å². The Morgan fingerprint density at radius 2 is 2.00 bits per heavy atom. The van der Waals surface area contributed by atoms with Crippen molar-refractivity contribution in [2.75, 3.05) is 0 Å². The minimum Gasteiger partial charge on any atom is -0.279 e. The van der Waals surface area contributed by atoms with E-state index in [0.717, 1.165) is 6.21 Å². The molecule has 0 radical (unpaired) electrons. The molecule has 8 nitrogen and oxygen atoms in total. The first-order valence-electron chi connectivity index (χ1n) is 3.09. The van der Waals surface area contributed by atoms with Crippen LogP contribution in [0.25, 0.3) is 0 Å². The Bertz CT molecular complexity index is 344. The molecule has 0 aromatic carbocycles. The van der Waals surface area contributed by atoms with Crippen LogP contribution in [0.15, 0.2) is 16.9 Å². The average Bonchev–Trinajstić information content (AvgIpc) is 2.03. The van der Waals surface area contributed by atoms with Gasteiger partial charge in [0.1, 0.15) is 6.20 Å². The number of carbonyl (C=O) groups is 1. The highest BCUT2D eigenvalue weighted by molar-refractivity contribution is 6.08. The summed E-state index contributed by atoms with van der Waals surface area (Å²) in [6.45, 7) is 0. The van der Waals surface area contributed by atoms with Gasteiger partial charge in [-0.2, -0.15) is 0 Å². The van der Waals surface area contributed by atoms with E-state index in [0.29, 0.717) is 6.20 Å². The molecule has 1 atom stereocenters. The number of hydrogen-bond donors (Lipinski definition) is 0. The predicted molar refractivity (Wildman–Crippen MR) is 39.4 cm³/mol. The summed E-state index contributed by atoms with van der Waals surface area (Å²) in [5.74, 6) is -1.15. The topological polar surface area (TPSA) is 116 Å². The third-order valence-corrected chi connectivity index (χ3v) is 1.37. The summed E-state index contributed by atoms with van der Waals surface area (Å²) >= 11 is 0. The van der Waals surface area contributed by atoms with Crippen LogP contribution in [0, 0.1) is 20.2 Å². The van der Waals surface area contributed by atoms with Crippen molar-refractivity contribution in [2.24, 2.45) is 4.99 Å². The average molecular weight is 185 g/mol. The number of ketones is 1. The van der Waals surface area contributed by atoms with Crippen LogP contribution in [0.5, 0.6) is 0 Å². The fraction of sp³-hybridized carbons (Fsp3) is 0.200. The lowest BCUT2D eigenvalue weighted by atomic mass is 10.1. The summed E-state index contributed by atoms with van der Waals surface area (Å²) in [6.07, 6.45) is 1.46. The van der Waals surface area contributed by atoms with Gasteiger partial charge in [0.25, 0.3) is 0 Å². The van der Waals surface area contributed by atoms with E-state index in [1.165, 1.54) is 0 Å². The van der Waals surface area contributed by atoms with E-state index in [4.69, 9.17) is 0 Å². The molecule has 0 saturated carbocycles. The lowest BCUT2D eigenvalue weighted by Gasteiger charge is -2.03. The SMILES string of the molecule is O=C1C([N+](=O)[O-])=CN=CC1[N+](=O)[O-]. The van der Waals surface area contributed by atoms with E-state index >= 15 is 0 Å². The Morgan fingerprint density at radius 1 is 1.38 bits per heavy atom. The number of carbonyl (C=O) groups excluding carboxylic acids is 1. The molecule has 1 unspecified atom stereocenters. The number of nitrogens with zero attached hydrogens (tertiary/aromatic N) is 3. The number of Topliss-reactive ketones (excluding diaryl/α,β-unsaturated/α-hetero) is 1. The Kier molecular flexibility index (Phi) is 2.13. The minimum absolute atomic E-state index is 0.697. The number of aliphatic imine (C=N–C) groups is 1. The van der Waals surface area contributed by atoms with Gasteiger partial charge in [0.15, 0.2) is 0 Å². The molecule has 0 fully saturated rings. The molecule has 13 heavy (non-hydrogen) atoms. The number of nitro groups is 2. The zero-order valence-electron chi connectivity index (χ0n) is 6.11. The maximum Gasteiger partial charge on any atom is 0.337 e. The molecule has 68 valence electrons. The van der Waals surface area contributed by atoms with Crippen LogP contribution in [-0.4, -0.2) is 27.9 Å². The molecule has 0 aliphatic carbocycles. The first-order chi connectivity index (χ1) is 6.04. The van der Waals surface area contributed by atoms with Gasteiger partial charge in [-0.25, -0.2) is 0 Å². The second kappa shape index (κ2) is 3.09. The number of rotatable bonds is 2. The van der Waals surface area contributed by atoms with Gasteiger partial charge < -0.3 is 0 Å². The summed E-state index contributed by atoms with van der Waals surface area (Å²) in [4.78, 5) is 32.6. The van der Waals surface area contributed by atoms with E-state index in [2.05, 4.69) is 4.99 Å². The van der Waals surface area contributed by atoms with Crippen molar-refractivity contribution >= 4 is 12.0 Å². The zero-order chi connectivity index (χ0) is 10.0. The summed E-state index contributed by atoms with van der Waals surface area (Å²) in [7, 11) is 0. The Balaban J connectivity index is 3.00. The molecular formula is C5H3N3O5. The largest absolute Gasteiger partial charge is 0.337 e. The third-order valence-electron chi connectivity index (χ3n) is 1.37. The first-order valence-corrected chi connectivity index (χ1v) is 3.09. The van der Waals surface area contributed by atoms with Gasteiger partial charge in [-0.05, 0) is 0 Å². The first kappa shape index (κ1) is 8.97. The van der Waals surface area contributed by atoms with Crippen molar-refractivity contribution in [1.29, 1.82) is 0 Å². The molecule has 1 rings (SSSR count). The summed E-state index contributed by atoms with van der Waals surface area (Å²) in [5, 5.41) is 20.3. The van der Waals surface area contributed by atoms with Gasteiger partial charge in [-0.15, -0.1) is 0 Å². The van der Waals surface area contributed by atoms with Gasteiger partial charge in [0.2, 0.25) is 0 Å². The standard InChI is InChI=1S/C5H3N3O5/c9-5-3(7(10)11)1-6-2-4(5)8(12)13/h1-3H. The predicted octanol–water partition coefficient (Wildman–Crippen LogP) is -0.597. The highest BCUT2D eigenvalue weighted by Crippen LogP contribution is 2.08. The van der Waals surface area contributed by atoms with E-state index in [1.54, 1.807) is 0 Å². The van der Waals surface area contributed by atoms with Crippen molar-refractivity contribution in [3.63, 3.8) is 0 Å². The maximum absolute atomic E-state index is 11.0. The highest BCUT2D eigenvalue weighted by atomic mass is 16.6. The molecule has 1 aliphatic rings. The molecule has 0 aromatic heterocycles. The second-order valence-electron chi connectivity index (χ2n) is 2.16.